The van der Waals surface area contributed by atoms with Gasteiger partial charge >= 0.3 is 0 Å². The van der Waals surface area contributed by atoms with Crippen LogP contribution in [-0.2, 0) is 16.6 Å². The Morgan fingerprint density at radius 3 is 2.67 bits per heavy atom. The molecular weight excluding hydrogens is 197 g/mol. The van der Waals surface area contributed by atoms with Gasteiger partial charge in [0.2, 0.25) is 5.91 Å². The number of halogens is 1. The van der Waals surface area contributed by atoms with E-state index < -0.39 is 4.74 Å². The van der Waals surface area contributed by atoms with Gasteiger partial charge in [0.1, 0.15) is 0 Å². The summed E-state index contributed by atoms with van der Waals surface area (Å²) >= 11 is 12.1. The molecule has 1 heterocycles. The highest BCUT2D eigenvalue weighted by atomic mass is 35.7. The SMILES string of the molecule is CN1C(=O)CSP1(=S)Cl. The van der Waals surface area contributed by atoms with Crippen molar-refractivity contribution in [1.82, 2.24) is 4.67 Å². The third kappa shape index (κ3) is 1.43. The van der Waals surface area contributed by atoms with Gasteiger partial charge in [-0.3, -0.25) is 9.46 Å². The molecule has 1 atom stereocenters. The molecule has 0 aromatic rings. The van der Waals surface area contributed by atoms with E-state index in [1.165, 1.54) is 16.1 Å². The predicted octanol–water partition coefficient (Wildman–Crippen LogP) is 1.65. The topological polar surface area (TPSA) is 20.3 Å². The van der Waals surface area contributed by atoms with Crippen molar-refractivity contribution in [3.63, 3.8) is 0 Å². The maximum atomic E-state index is 10.8. The van der Waals surface area contributed by atoms with Crippen LogP contribution in [0.1, 0.15) is 0 Å². The summed E-state index contributed by atoms with van der Waals surface area (Å²) in [5, 5.41) is 0. The lowest BCUT2D eigenvalue weighted by molar-refractivity contribution is -0.122. The Morgan fingerprint density at radius 2 is 2.56 bits per heavy atom. The van der Waals surface area contributed by atoms with Crippen LogP contribution in [0.5, 0.6) is 0 Å². The van der Waals surface area contributed by atoms with Crippen molar-refractivity contribution in [3.8, 4) is 0 Å². The van der Waals surface area contributed by atoms with Gasteiger partial charge < -0.3 is 0 Å². The lowest BCUT2D eigenvalue weighted by Crippen LogP contribution is -2.15. The van der Waals surface area contributed by atoms with Crippen LogP contribution in [0.4, 0.5) is 0 Å². The highest BCUT2D eigenvalue weighted by Crippen LogP contribution is 2.69. The normalized spacial score (nSPS) is 35.8. The van der Waals surface area contributed by atoms with E-state index in [-0.39, 0.29) is 5.91 Å². The van der Waals surface area contributed by atoms with E-state index >= 15 is 0 Å². The molecule has 1 aliphatic heterocycles. The van der Waals surface area contributed by atoms with Crippen molar-refractivity contribution in [2.24, 2.45) is 0 Å². The molecule has 0 radical (unpaired) electrons. The van der Waals surface area contributed by atoms with E-state index in [2.05, 4.69) is 0 Å². The third-order valence-electron chi connectivity index (χ3n) is 1.07. The molecular formula is C3H5ClNOPS2. The van der Waals surface area contributed by atoms with Gasteiger partial charge in [-0.15, -0.1) is 0 Å². The first-order valence-electron chi connectivity index (χ1n) is 2.25. The largest absolute Gasteiger partial charge is 0.297 e. The lowest BCUT2D eigenvalue weighted by Gasteiger charge is -2.14. The molecule has 1 amide bonds. The van der Waals surface area contributed by atoms with Crippen LogP contribution in [0.25, 0.3) is 0 Å². The van der Waals surface area contributed by atoms with Crippen molar-refractivity contribution in [2.45, 2.75) is 0 Å². The summed E-state index contributed by atoms with van der Waals surface area (Å²) in [6.07, 6.45) is 0. The predicted molar refractivity (Wildman–Crippen MR) is 45.4 cm³/mol. The molecule has 1 fully saturated rings. The number of nitrogens with zero attached hydrogens (tertiary/aromatic N) is 1. The Hall–Kier alpha value is 0.760. The van der Waals surface area contributed by atoms with Gasteiger partial charge in [-0.05, 0) is 11.8 Å². The molecule has 0 aromatic heterocycles. The molecule has 9 heavy (non-hydrogen) atoms. The van der Waals surface area contributed by atoms with Crippen LogP contribution in [0.15, 0.2) is 0 Å². The standard InChI is InChI=1S/C3H5ClNOPS2/c1-5-3(6)2-9-7(5,4)8/h2H2,1H3. The fourth-order valence-corrected chi connectivity index (χ4v) is 4.56. The number of rotatable bonds is 0. The Morgan fingerprint density at radius 1 is 2.00 bits per heavy atom. The maximum absolute atomic E-state index is 10.8. The fourth-order valence-electron chi connectivity index (χ4n) is 0.448. The fraction of sp³-hybridized carbons (Fsp3) is 0.667. The summed E-state index contributed by atoms with van der Waals surface area (Å²) in [6, 6.07) is 0. The zero-order chi connectivity index (χ0) is 7.07. The second kappa shape index (κ2) is 2.42. The molecule has 2 nitrogen and oxygen atoms in total. The van der Waals surface area contributed by atoms with Crippen LogP contribution in [0, 0.1) is 0 Å². The summed E-state index contributed by atoms with van der Waals surface area (Å²) in [7, 11) is 1.66. The van der Waals surface area contributed by atoms with Crippen molar-refractivity contribution in [2.75, 3.05) is 12.8 Å². The first-order valence-corrected chi connectivity index (χ1v) is 7.50. The van der Waals surface area contributed by atoms with Crippen LogP contribution >= 0.6 is 27.4 Å². The number of carbonyl (C=O) groups is 1. The molecule has 0 N–H and O–H groups in total. The lowest BCUT2D eigenvalue weighted by atomic mass is 10.7. The third-order valence-corrected chi connectivity index (χ3v) is 8.02. The molecule has 6 heteroatoms. The van der Waals surface area contributed by atoms with Crippen molar-refractivity contribution in [1.29, 1.82) is 0 Å². The minimum absolute atomic E-state index is 0.0540. The highest BCUT2D eigenvalue weighted by Gasteiger charge is 2.32. The molecule has 0 saturated carbocycles. The first kappa shape index (κ1) is 7.86. The van der Waals surface area contributed by atoms with Gasteiger partial charge in [-0.25, -0.2) is 0 Å². The minimum Gasteiger partial charge on any atom is -0.297 e. The Kier molecular flexibility index (Phi) is 2.12. The van der Waals surface area contributed by atoms with Gasteiger partial charge in [0.05, 0.1) is 5.75 Å². The molecule has 52 valence electrons. The second-order valence-corrected chi connectivity index (χ2v) is 11.0. The van der Waals surface area contributed by atoms with Gasteiger partial charge in [0.15, 0.2) is 4.74 Å². The number of carbonyl (C=O) groups excluding carboxylic acids is 1. The molecule has 1 rings (SSSR count). The molecule has 0 aromatic carbocycles. The van der Waals surface area contributed by atoms with Gasteiger partial charge in [-0.1, -0.05) is 22.6 Å². The van der Waals surface area contributed by atoms with E-state index in [1.54, 1.807) is 7.05 Å². The number of hydrogen-bond acceptors (Lipinski definition) is 3. The quantitative estimate of drug-likeness (QED) is 0.556. The molecule has 0 bridgehead atoms. The zero-order valence-electron chi connectivity index (χ0n) is 4.70. The van der Waals surface area contributed by atoms with Gasteiger partial charge in [0, 0.05) is 7.05 Å². The number of hydrogen-bond donors (Lipinski definition) is 0. The van der Waals surface area contributed by atoms with E-state index in [9.17, 15) is 4.79 Å². The minimum atomic E-state index is -1.98. The molecule has 1 aliphatic rings. The van der Waals surface area contributed by atoms with Crippen LogP contribution < -0.4 is 0 Å². The van der Waals surface area contributed by atoms with E-state index in [1.807, 2.05) is 0 Å². The molecule has 1 saturated heterocycles. The summed E-state index contributed by atoms with van der Waals surface area (Å²) in [5.41, 5.74) is 0. The Bertz CT molecular complexity index is 196. The van der Waals surface area contributed by atoms with E-state index in [0.717, 1.165) is 0 Å². The maximum Gasteiger partial charge on any atom is 0.237 e. The first-order chi connectivity index (χ1) is 4.04. The molecule has 0 aliphatic carbocycles. The Balaban J connectivity index is 2.86. The van der Waals surface area contributed by atoms with Crippen molar-refractivity contribution in [3.05, 3.63) is 0 Å². The average Bonchev–Trinajstić information content (AvgIpc) is 1.97. The van der Waals surface area contributed by atoms with Crippen LogP contribution in [0.2, 0.25) is 0 Å². The van der Waals surface area contributed by atoms with Crippen molar-refractivity contribution < 1.29 is 4.79 Å². The summed E-state index contributed by atoms with van der Waals surface area (Å²) in [5.74, 6) is 0.510. The summed E-state index contributed by atoms with van der Waals surface area (Å²) < 4.78 is -0.504. The summed E-state index contributed by atoms with van der Waals surface area (Å²) in [4.78, 5) is 10.8. The highest BCUT2D eigenvalue weighted by molar-refractivity contribution is 8.78. The number of amides is 1. The second-order valence-electron chi connectivity index (χ2n) is 1.64. The van der Waals surface area contributed by atoms with Crippen LogP contribution in [-0.4, -0.2) is 23.4 Å². The van der Waals surface area contributed by atoms with E-state index in [0.29, 0.717) is 5.75 Å². The average molecular weight is 202 g/mol. The van der Waals surface area contributed by atoms with E-state index in [4.69, 9.17) is 23.0 Å². The monoisotopic (exact) mass is 201 g/mol. The zero-order valence-corrected chi connectivity index (χ0v) is 7.99. The molecule has 0 spiro atoms. The Labute approximate surface area is 67.5 Å². The van der Waals surface area contributed by atoms with Crippen molar-refractivity contribution >= 4 is 45.1 Å². The smallest absolute Gasteiger partial charge is 0.237 e. The van der Waals surface area contributed by atoms with Crippen LogP contribution in [0.3, 0.4) is 0 Å². The van der Waals surface area contributed by atoms with Gasteiger partial charge in [-0.2, -0.15) is 0 Å². The molecule has 1 unspecified atom stereocenters. The summed E-state index contributed by atoms with van der Waals surface area (Å²) in [6.45, 7) is 0. The van der Waals surface area contributed by atoms with Gasteiger partial charge in [0.25, 0.3) is 0 Å².